The van der Waals surface area contributed by atoms with Crippen LogP contribution in [0.1, 0.15) is 17.2 Å². The van der Waals surface area contributed by atoms with Crippen LogP contribution in [0.25, 0.3) is 0 Å². The van der Waals surface area contributed by atoms with E-state index in [9.17, 15) is 13.9 Å². The van der Waals surface area contributed by atoms with Crippen molar-refractivity contribution >= 4 is 0 Å². The highest BCUT2D eigenvalue weighted by Crippen LogP contribution is 2.13. The van der Waals surface area contributed by atoms with Crippen molar-refractivity contribution in [1.29, 1.82) is 0 Å². The molecular weight excluding hydrogens is 248 g/mol. The van der Waals surface area contributed by atoms with Crippen molar-refractivity contribution in [2.24, 2.45) is 0 Å². The first-order chi connectivity index (χ1) is 9.15. The molecule has 0 fully saturated rings. The van der Waals surface area contributed by atoms with Crippen LogP contribution in [-0.4, -0.2) is 11.7 Å². The Morgan fingerprint density at radius 2 is 1.68 bits per heavy atom. The highest BCUT2D eigenvalue weighted by molar-refractivity contribution is 5.19. The minimum absolute atomic E-state index is 0.278. The van der Waals surface area contributed by atoms with Crippen molar-refractivity contribution in [2.75, 3.05) is 6.54 Å². The van der Waals surface area contributed by atoms with Gasteiger partial charge in [-0.05, 0) is 35.4 Å². The number of aliphatic hydroxyl groups is 1. The first kappa shape index (κ1) is 13.6. The maximum absolute atomic E-state index is 13.0. The normalized spacial score (nSPS) is 12.4. The van der Waals surface area contributed by atoms with E-state index < -0.39 is 6.10 Å². The fraction of sp³-hybridized carbons (Fsp3) is 0.200. The van der Waals surface area contributed by atoms with E-state index in [0.717, 1.165) is 5.56 Å². The molecule has 19 heavy (non-hydrogen) atoms. The third-order valence-corrected chi connectivity index (χ3v) is 2.79. The third kappa shape index (κ3) is 4.12. The van der Waals surface area contributed by atoms with Crippen LogP contribution in [0.5, 0.6) is 0 Å². The Balaban J connectivity index is 1.85. The summed E-state index contributed by atoms with van der Waals surface area (Å²) in [5, 5.41) is 12.9. The second-order valence-corrected chi connectivity index (χ2v) is 4.33. The molecule has 2 rings (SSSR count). The molecule has 2 N–H and O–H groups in total. The van der Waals surface area contributed by atoms with E-state index in [1.807, 2.05) is 0 Å². The zero-order chi connectivity index (χ0) is 13.7. The Bertz CT molecular complexity index is 545. The average molecular weight is 263 g/mol. The van der Waals surface area contributed by atoms with Gasteiger partial charge in [-0.2, -0.15) is 0 Å². The monoisotopic (exact) mass is 263 g/mol. The van der Waals surface area contributed by atoms with Gasteiger partial charge < -0.3 is 10.4 Å². The number of hydrogen-bond acceptors (Lipinski definition) is 2. The predicted octanol–water partition coefficient (Wildman–Crippen LogP) is 2.79. The molecule has 100 valence electrons. The molecular formula is C15H15F2NO. The lowest BCUT2D eigenvalue weighted by atomic mass is 10.1. The Morgan fingerprint density at radius 1 is 1.00 bits per heavy atom. The van der Waals surface area contributed by atoms with E-state index in [2.05, 4.69) is 5.32 Å². The molecule has 2 nitrogen and oxygen atoms in total. The Morgan fingerprint density at radius 3 is 2.37 bits per heavy atom. The molecule has 0 saturated carbocycles. The van der Waals surface area contributed by atoms with Gasteiger partial charge in [0, 0.05) is 13.1 Å². The van der Waals surface area contributed by atoms with Crippen molar-refractivity contribution in [3.63, 3.8) is 0 Å². The van der Waals surface area contributed by atoms with Crippen LogP contribution in [0.4, 0.5) is 8.78 Å². The Kier molecular flexibility index (Phi) is 4.60. The van der Waals surface area contributed by atoms with Crippen LogP contribution in [0.2, 0.25) is 0 Å². The highest BCUT2D eigenvalue weighted by atomic mass is 19.1. The number of benzene rings is 2. The molecule has 1 atom stereocenters. The van der Waals surface area contributed by atoms with Crippen LogP contribution in [0, 0.1) is 11.6 Å². The standard InChI is InChI=1S/C15H15F2NO/c16-13-5-1-3-11(7-13)9-18-10-15(19)12-4-2-6-14(17)8-12/h1-8,15,18-19H,9-10H2. The summed E-state index contributed by atoms with van der Waals surface area (Å²) in [7, 11) is 0. The molecule has 0 spiro atoms. The van der Waals surface area contributed by atoms with Gasteiger partial charge in [0.15, 0.2) is 0 Å². The van der Waals surface area contributed by atoms with Crippen LogP contribution in [0.3, 0.4) is 0 Å². The summed E-state index contributed by atoms with van der Waals surface area (Å²) in [5.41, 5.74) is 1.32. The lowest BCUT2D eigenvalue weighted by Gasteiger charge is -2.12. The van der Waals surface area contributed by atoms with Gasteiger partial charge in [-0.25, -0.2) is 8.78 Å². The van der Waals surface area contributed by atoms with Gasteiger partial charge in [0.25, 0.3) is 0 Å². The fourth-order valence-corrected chi connectivity index (χ4v) is 1.83. The third-order valence-electron chi connectivity index (χ3n) is 2.79. The molecule has 0 bridgehead atoms. The summed E-state index contributed by atoms with van der Waals surface area (Å²) in [6, 6.07) is 12.1. The summed E-state index contributed by atoms with van der Waals surface area (Å²) < 4.78 is 25.9. The van der Waals surface area contributed by atoms with Gasteiger partial charge in [-0.1, -0.05) is 24.3 Å². The van der Waals surface area contributed by atoms with E-state index in [4.69, 9.17) is 0 Å². The lowest BCUT2D eigenvalue weighted by molar-refractivity contribution is 0.174. The zero-order valence-electron chi connectivity index (χ0n) is 10.3. The second kappa shape index (κ2) is 6.41. The Hall–Kier alpha value is -1.78. The van der Waals surface area contributed by atoms with Crippen molar-refractivity contribution in [2.45, 2.75) is 12.6 Å². The van der Waals surface area contributed by atoms with Crippen LogP contribution in [-0.2, 0) is 6.54 Å². The summed E-state index contributed by atoms with van der Waals surface area (Å²) in [5.74, 6) is -0.661. The van der Waals surface area contributed by atoms with Gasteiger partial charge in [0.05, 0.1) is 6.10 Å². The van der Waals surface area contributed by atoms with Gasteiger partial charge in [-0.3, -0.25) is 0 Å². The van der Waals surface area contributed by atoms with Crippen LogP contribution < -0.4 is 5.32 Å². The van der Waals surface area contributed by atoms with Crippen molar-refractivity contribution in [3.05, 3.63) is 71.3 Å². The maximum atomic E-state index is 13.0. The molecule has 1 unspecified atom stereocenters. The summed E-state index contributed by atoms with van der Waals surface area (Å²) >= 11 is 0. The number of nitrogens with one attached hydrogen (secondary N) is 1. The van der Waals surface area contributed by atoms with Gasteiger partial charge in [-0.15, -0.1) is 0 Å². The molecule has 2 aromatic carbocycles. The molecule has 0 radical (unpaired) electrons. The predicted molar refractivity (Wildman–Crippen MR) is 69.5 cm³/mol. The van der Waals surface area contributed by atoms with Crippen molar-refractivity contribution in [1.82, 2.24) is 5.32 Å². The van der Waals surface area contributed by atoms with Crippen molar-refractivity contribution < 1.29 is 13.9 Å². The maximum Gasteiger partial charge on any atom is 0.123 e. The minimum Gasteiger partial charge on any atom is -0.387 e. The SMILES string of the molecule is OC(CNCc1cccc(F)c1)c1cccc(F)c1. The summed E-state index contributed by atoms with van der Waals surface area (Å²) in [6.45, 7) is 0.726. The second-order valence-electron chi connectivity index (χ2n) is 4.33. The van der Waals surface area contributed by atoms with Crippen molar-refractivity contribution in [3.8, 4) is 0 Å². The van der Waals surface area contributed by atoms with E-state index >= 15 is 0 Å². The Labute approximate surface area is 110 Å². The molecule has 0 aliphatic carbocycles. The number of aliphatic hydroxyl groups excluding tert-OH is 1. The van der Waals surface area contributed by atoms with E-state index in [0.29, 0.717) is 12.1 Å². The van der Waals surface area contributed by atoms with Gasteiger partial charge >= 0.3 is 0 Å². The lowest BCUT2D eigenvalue weighted by Crippen LogP contribution is -2.21. The zero-order valence-corrected chi connectivity index (χ0v) is 10.3. The largest absolute Gasteiger partial charge is 0.387 e. The molecule has 0 aromatic heterocycles. The topological polar surface area (TPSA) is 32.3 Å². The number of halogens is 2. The fourth-order valence-electron chi connectivity index (χ4n) is 1.83. The molecule has 0 aliphatic rings. The van der Waals surface area contributed by atoms with E-state index in [1.165, 1.54) is 24.3 Å². The average Bonchev–Trinajstić information content (AvgIpc) is 2.38. The summed E-state index contributed by atoms with van der Waals surface area (Å²) in [6.07, 6.45) is -0.788. The molecule has 0 saturated heterocycles. The molecule has 2 aromatic rings. The molecule has 4 heteroatoms. The van der Waals surface area contributed by atoms with E-state index in [1.54, 1.807) is 24.3 Å². The highest BCUT2D eigenvalue weighted by Gasteiger charge is 2.07. The quantitative estimate of drug-likeness (QED) is 0.869. The number of hydrogen-bond donors (Lipinski definition) is 2. The first-order valence-electron chi connectivity index (χ1n) is 6.04. The molecule has 0 amide bonds. The van der Waals surface area contributed by atoms with Gasteiger partial charge in [0.2, 0.25) is 0 Å². The molecule has 0 heterocycles. The minimum atomic E-state index is -0.788. The number of rotatable bonds is 5. The first-order valence-corrected chi connectivity index (χ1v) is 6.04. The molecule has 0 aliphatic heterocycles. The van der Waals surface area contributed by atoms with Crippen LogP contribution >= 0.6 is 0 Å². The smallest absolute Gasteiger partial charge is 0.123 e. The van der Waals surface area contributed by atoms with E-state index in [-0.39, 0.29) is 18.2 Å². The van der Waals surface area contributed by atoms with Crippen LogP contribution in [0.15, 0.2) is 48.5 Å². The van der Waals surface area contributed by atoms with Gasteiger partial charge in [0.1, 0.15) is 11.6 Å². The summed E-state index contributed by atoms with van der Waals surface area (Å²) in [4.78, 5) is 0.